The summed E-state index contributed by atoms with van der Waals surface area (Å²) >= 11 is 6.34. The van der Waals surface area contributed by atoms with Gasteiger partial charge in [-0.3, -0.25) is 9.36 Å². The van der Waals surface area contributed by atoms with Crippen molar-refractivity contribution in [3.05, 3.63) is 59.4 Å². The number of hydrogen-bond donors (Lipinski definition) is 2. The average molecular weight is 442 g/mol. The Balaban J connectivity index is 1.30. The van der Waals surface area contributed by atoms with Crippen LogP contribution >= 0.6 is 11.6 Å². The van der Waals surface area contributed by atoms with Crippen LogP contribution in [0.25, 0.3) is 16.7 Å². The maximum absolute atomic E-state index is 14.1. The molecule has 9 nitrogen and oxygen atoms in total. The zero-order valence-electron chi connectivity index (χ0n) is 16.1. The van der Waals surface area contributed by atoms with Crippen molar-refractivity contribution in [2.75, 3.05) is 23.7 Å². The van der Waals surface area contributed by atoms with Crippen LogP contribution in [0.3, 0.4) is 0 Å². The van der Waals surface area contributed by atoms with Gasteiger partial charge in [-0.25, -0.2) is 4.39 Å². The summed E-state index contributed by atoms with van der Waals surface area (Å²) in [7, 11) is 0. The number of nitrogens with one attached hydrogen (secondary N) is 1. The van der Waals surface area contributed by atoms with E-state index in [9.17, 15) is 9.18 Å². The number of amides is 1. The Bertz CT molecular complexity index is 1270. The average Bonchev–Trinajstić information content (AvgIpc) is 3.50. The van der Waals surface area contributed by atoms with Crippen LogP contribution in [-0.4, -0.2) is 45.0 Å². The summed E-state index contributed by atoms with van der Waals surface area (Å²) in [5.41, 5.74) is 7.84. The van der Waals surface area contributed by atoms with Crippen molar-refractivity contribution in [2.24, 2.45) is 0 Å². The second kappa shape index (κ2) is 7.55. The molecule has 0 aliphatic carbocycles. The second-order valence-electron chi connectivity index (χ2n) is 7.28. The maximum atomic E-state index is 14.1. The van der Waals surface area contributed by atoms with Crippen molar-refractivity contribution in [3.8, 4) is 5.69 Å². The Morgan fingerprint density at radius 2 is 2.06 bits per heavy atom. The molecule has 1 saturated heterocycles. The first-order valence-electron chi connectivity index (χ1n) is 9.55. The highest BCUT2D eigenvalue weighted by Gasteiger charge is 2.28. The molecule has 1 atom stereocenters. The fraction of sp³-hybridized carbons (Fsp3) is 0.200. The van der Waals surface area contributed by atoms with Gasteiger partial charge < -0.3 is 20.5 Å². The second-order valence-corrected chi connectivity index (χ2v) is 7.68. The maximum Gasteiger partial charge on any atom is 0.253 e. The highest BCUT2D eigenvalue weighted by atomic mass is 35.5. The first-order chi connectivity index (χ1) is 15.0. The van der Waals surface area contributed by atoms with E-state index < -0.39 is 5.82 Å². The molecule has 5 rings (SSSR count). The number of nitrogens with two attached hydrogens (primary N) is 1. The normalized spacial score (nSPS) is 16.2. The lowest BCUT2D eigenvalue weighted by molar-refractivity contribution is 0.0940. The minimum atomic E-state index is -0.480. The molecular formula is C20H17ClFN7O2. The van der Waals surface area contributed by atoms with Gasteiger partial charge in [0.1, 0.15) is 23.9 Å². The van der Waals surface area contributed by atoms with Gasteiger partial charge in [0, 0.05) is 24.8 Å². The SMILES string of the molecule is Nc1noc2c(N3CCC(NC(=O)c4ccc(-n5cnnc5)cc4Cl)C3)ccc(F)c12. The summed E-state index contributed by atoms with van der Waals surface area (Å²) in [5, 5.41) is 14.7. The number of nitrogen functional groups attached to an aromatic ring is 1. The predicted octanol–water partition coefficient (Wildman–Crippen LogP) is 2.79. The molecule has 0 bridgehead atoms. The monoisotopic (exact) mass is 441 g/mol. The number of hydrogen-bond acceptors (Lipinski definition) is 7. The summed E-state index contributed by atoms with van der Waals surface area (Å²) in [6.45, 7) is 1.19. The van der Waals surface area contributed by atoms with Gasteiger partial charge in [-0.15, -0.1) is 10.2 Å². The molecule has 2 aromatic heterocycles. The topological polar surface area (TPSA) is 115 Å². The first kappa shape index (κ1) is 19.3. The largest absolute Gasteiger partial charge is 0.380 e. The number of fused-ring (bicyclic) bond motifs is 1. The Labute approximate surface area is 180 Å². The lowest BCUT2D eigenvalue weighted by Crippen LogP contribution is -2.37. The molecule has 0 spiro atoms. The molecule has 3 heterocycles. The summed E-state index contributed by atoms with van der Waals surface area (Å²) in [6, 6.07) is 7.99. The summed E-state index contributed by atoms with van der Waals surface area (Å²) in [6.07, 6.45) is 3.81. The third kappa shape index (κ3) is 3.44. The van der Waals surface area contributed by atoms with Crippen molar-refractivity contribution in [3.63, 3.8) is 0 Å². The minimum Gasteiger partial charge on any atom is -0.380 e. The van der Waals surface area contributed by atoms with Gasteiger partial charge in [0.2, 0.25) is 0 Å². The van der Waals surface area contributed by atoms with Crippen LogP contribution in [0, 0.1) is 5.82 Å². The Hall–Kier alpha value is -3.66. The molecule has 3 N–H and O–H groups in total. The van der Waals surface area contributed by atoms with Gasteiger partial charge in [-0.1, -0.05) is 16.8 Å². The number of aromatic nitrogens is 4. The molecule has 11 heteroatoms. The molecule has 2 aromatic carbocycles. The third-order valence-corrected chi connectivity index (χ3v) is 5.67. The molecule has 0 radical (unpaired) electrons. The van der Waals surface area contributed by atoms with Crippen LogP contribution in [0.4, 0.5) is 15.9 Å². The number of rotatable bonds is 4. The van der Waals surface area contributed by atoms with Crippen LogP contribution in [0.15, 0.2) is 47.5 Å². The lowest BCUT2D eigenvalue weighted by Gasteiger charge is -2.19. The van der Waals surface area contributed by atoms with E-state index in [2.05, 4.69) is 20.7 Å². The quantitative estimate of drug-likeness (QED) is 0.500. The van der Waals surface area contributed by atoms with Crippen molar-refractivity contribution < 1.29 is 13.7 Å². The molecule has 1 amide bonds. The van der Waals surface area contributed by atoms with E-state index >= 15 is 0 Å². The van der Waals surface area contributed by atoms with Crippen molar-refractivity contribution in [1.82, 2.24) is 25.2 Å². The number of nitrogens with zero attached hydrogens (tertiary/aromatic N) is 5. The molecule has 1 unspecified atom stereocenters. The van der Waals surface area contributed by atoms with E-state index in [1.54, 1.807) is 41.5 Å². The minimum absolute atomic E-state index is 0.0166. The van der Waals surface area contributed by atoms with E-state index in [4.69, 9.17) is 21.9 Å². The van der Waals surface area contributed by atoms with Crippen LogP contribution in [0.1, 0.15) is 16.8 Å². The molecule has 1 aliphatic heterocycles. The van der Waals surface area contributed by atoms with Crippen molar-refractivity contribution >= 4 is 40.0 Å². The Kier molecular flexibility index (Phi) is 4.70. The van der Waals surface area contributed by atoms with Gasteiger partial charge in [0.05, 0.1) is 16.3 Å². The first-order valence-corrected chi connectivity index (χ1v) is 9.93. The van der Waals surface area contributed by atoms with Crippen LogP contribution in [0.5, 0.6) is 0 Å². The van der Waals surface area contributed by atoms with Crippen molar-refractivity contribution in [1.29, 1.82) is 0 Å². The van der Waals surface area contributed by atoms with E-state index in [0.29, 0.717) is 41.4 Å². The fourth-order valence-electron chi connectivity index (χ4n) is 3.81. The predicted molar refractivity (Wildman–Crippen MR) is 113 cm³/mol. The number of halogens is 2. The smallest absolute Gasteiger partial charge is 0.253 e. The van der Waals surface area contributed by atoms with E-state index in [-0.39, 0.29) is 23.2 Å². The van der Waals surface area contributed by atoms with E-state index in [0.717, 1.165) is 5.69 Å². The van der Waals surface area contributed by atoms with Gasteiger partial charge in [-0.05, 0) is 36.8 Å². The van der Waals surface area contributed by atoms with Crippen LogP contribution < -0.4 is 16.0 Å². The molecule has 1 aliphatic rings. The molecule has 158 valence electrons. The van der Waals surface area contributed by atoms with Gasteiger partial charge in [0.15, 0.2) is 11.4 Å². The van der Waals surface area contributed by atoms with Gasteiger partial charge in [-0.2, -0.15) is 0 Å². The van der Waals surface area contributed by atoms with Crippen molar-refractivity contribution in [2.45, 2.75) is 12.5 Å². The lowest BCUT2D eigenvalue weighted by atomic mass is 10.1. The van der Waals surface area contributed by atoms with Gasteiger partial charge in [0.25, 0.3) is 5.91 Å². The molecule has 4 aromatic rings. The summed E-state index contributed by atoms with van der Waals surface area (Å²) in [4.78, 5) is 14.8. The number of benzene rings is 2. The van der Waals surface area contributed by atoms with Gasteiger partial charge >= 0.3 is 0 Å². The molecular weight excluding hydrogens is 425 g/mol. The fourth-order valence-corrected chi connectivity index (χ4v) is 4.07. The number of carbonyl (C=O) groups is 1. The highest BCUT2D eigenvalue weighted by molar-refractivity contribution is 6.34. The summed E-state index contributed by atoms with van der Waals surface area (Å²) in [5.74, 6) is -0.727. The van der Waals surface area contributed by atoms with E-state index in [1.165, 1.54) is 6.07 Å². The Morgan fingerprint density at radius 3 is 2.84 bits per heavy atom. The number of anilines is 2. The highest BCUT2D eigenvalue weighted by Crippen LogP contribution is 2.34. The van der Waals surface area contributed by atoms with Crippen LogP contribution in [-0.2, 0) is 0 Å². The molecule has 0 saturated carbocycles. The Morgan fingerprint density at radius 1 is 1.26 bits per heavy atom. The zero-order valence-corrected chi connectivity index (χ0v) is 16.9. The van der Waals surface area contributed by atoms with E-state index in [1.807, 2.05) is 4.90 Å². The third-order valence-electron chi connectivity index (χ3n) is 5.36. The zero-order chi connectivity index (χ0) is 21.5. The summed E-state index contributed by atoms with van der Waals surface area (Å²) < 4.78 is 21.0. The van der Waals surface area contributed by atoms with Crippen LogP contribution in [0.2, 0.25) is 5.02 Å². The standard InChI is InChI=1S/C20H17ClFN7O2/c21-14-7-12(29-9-24-25-10-29)1-2-13(14)20(30)26-11-5-6-28(8-11)16-4-3-15(22)17-18(16)31-27-19(17)23/h1-4,7,9-11H,5-6,8H2,(H2,23,27)(H,26,30). The molecule has 1 fully saturated rings. The molecule has 31 heavy (non-hydrogen) atoms. The number of carbonyl (C=O) groups excluding carboxylic acids is 1.